The fraction of sp³-hybridized carbons (Fsp3) is 0.933. The fourth-order valence-electron chi connectivity index (χ4n) is 2.27. The highest BCUT2D eigenvalue weighted by Gasteiger charge is 2.34. The third-order valence-electron chi connectivity index (χ3n) is 3.75. The quantitative estimate of drug-likeness (QED) is 0.347. The molecule has 0 amide bonds. The second-order valence-corrected chi connectivity index (χ2v) is 5.50. The average Bonchev–Trinajstić information content (AvgIpc) is 2.37. The lowest BCUT2D eigenvalue weighted by Gasteiger charge is -2.31. The lowest BCUT2D eigenvalue weighted by molar-refractivity contribution is 0.0675. The van der Waals surface area contributed by atoms with Crippen LogP contribution in [-0.4, -0.2) is 21.6 Å². The number of hydrogen-bond donors (Lipinski definition) is 2. The molecule has 3 heteroatoms. The van der Waals surface area contributed by atoms with Crippen molar-refractivity contribution in [3.63, 3.8) is 0 Å². The van der Waals surface area contributed by atoms with E-state index in [2.05, 4.69) is 32.9 Å². The first kappa shape index (κ1) is 17.4. The van der Waals surface area contributed by atoms with Crippen LogP contribution in [0.1, 0.15) is 79.1 Å². The first-order valence-electron chi connectivity index (χ1n) is 7.47. The smallest absolute Gasteiger partial charge is 0.106 e. The van der Waals surface area contributed by atoms with Crippen molar-refractivity contribution < 1.29 is 10.3 Å². The van der Waals surface area contributed by atoms with Gasteiger partial charge in [-0.15, -0.1) is 0 Å². The molecule has 0 bridgehead atoms. The van der Waals surface area contributed by atoms with Gasteiger partial charge in [0, 0.05) is 0 Å². The van der Waals surface area contributed by atoms with Crippen LogP contribution < -0.4 is 0 Å². The van der Waals surface area contributed by atoms with E-state index in [1.807, 2.05) is 0 Å². The number of nitrogens with zero attached hydrogens (tertiary/aromatic N) is 1. The molecule has 0 fully saturated rings. The molecular formula is C15H31NO2. The first-order valence-corrected chi connectivity index (χ1v) is 7.47. The maximum Gasteiger partial charge on any atom is 0.106 e. The summed E-state index contributed by atoms with van der Waals surface area (Å²) >= 11 is 0. The second-order valence-electron chi connectivity index (χ2n) is 5.50. The van der Waals surface area contributed by atoms with Crippen LogP contribution >= 0.6 is 0 Å². The van der Waals surface area contributed by atoms with Crippen molar-refractivity contribution in [2.75, 3.05) is 0 Å². The van der Waals surface area contributed by atoms with Gasteiger partial charge in [0.1, 0.15) is 5.60 Å². The van der Waals surface area contributed by atoms with E-state index in [0.717, 1.165) is 32.1 Å². The largest absolute Gasteiger partial charge is 0.411 e. The maximum atomic E-state index is 10.8. The van der Waals surface area contributed by atoms with Gasteiger partial charge in [-0.2, -0.15) is 0 Å². The fourth-order valence-corrected chi connectivity index (χ4v) is 2.27. The molecule has 18 heavy (non-hydrogen) atoms. The lowest BCUT2D eigenvalue weighted by atomic mass is 9.80. The summed E-state index contributed by atoms with van der Waals surface area (Å²) in [6.07, 6.45) is 7.18. The Labute approximate surface area is 112 Å². The van der Waals surface area contributed by atoms with Crippen LogP contribution in [0.4, 0.5) is 0 Å². The Hall–Kier alpha value is -0.570. The van der Waals surface area contributed by atoms with Gasteiger partial charge >= 0.3 is 0 Å². The Balaban J connectivity index is 4.79. The number of oxime groups is 1. The van der Waals surface area contributed by atoms with Gasteiger partial charge in [-0.1, -0.05) is 58.5 Å². The molecule has 0 aromatic carbocycles. The standard InChI is InChI=1S/C15H31NO2/c1-5-8-10-14(16-18)15(17,11-9-6-2)12-13(4)7-3/h13,17-18H,5-12H2,1-4H3. The third-order valence-corrected chi connectivity index (χ3v) is 3.75. The summed E-state index contributed by atoms with van der Waals surface area (Å²) in [7, 11) is 0. The molecule has 0 radical (unpaired) electrons. The topological polar surface area (TPSA) is 52.8 Å². The SMILES string of the molecule is CCCCC(=NO)C(O)(CCCC)CC(C)CC. The molecule has 0 aromatic rings. The summed E-state index contributed by atoms with van der Waals surface area (Å²) in [4.78, 5) is 0. The number of rotatable bonds is 10. The normalized spacial score (nSPS) is 17.5. The molecule has 0 saturated carbocycles. The molecule has 0 saturated heterocycles. The Kier molecular flexibility index (Phi) is 9.08. The van der Waals surface area contributed by atoms with Crippen LogP contribution in [-0.2, 0) is 0 Å². The Morgan fingerprint density at radius 1 is 1.17 bits per heavy atom. The van der Waals surface area contributed by atoms with Crippen LogP contribution in [0.3, 0.4) is 0 Å². The van der Waals surface area contributed by atoms with Gasteiger partial charge in [0.2, 0.25) is 0 Å². The molecule has 3 nitrogen and oxygen atoms in total. The van der Waals surface area contributed by atoms with E-state index in [1.54, 1.807) is 0 Å². The minimum absolute atomic E-state index is 0.449. The summed E-state index contributed by atoms with van der Waals surface area (Å²) in [5, 5.41) is 23.4. The van der Waals surface area contributed by atoms with Crippen molar-refractivity contribution in [3.05, 3.63) is 0 Å². The highest BCUT2D eigenvalue weighted by molar-refractivity contribution is 5.91. The van der Waals surface area contributed by atoms with Gasteiger partial charge < -0.3 is 10.3 Å². The van der Waals surface area contributed by atoms with Gasteiger partial charge in [-0.3, -0.25) is 0 Å². The molecule has 0 rings (SSSR count). The zero-order valence-electron chi connectivity index (χ0n) is 12.6. The molecule has 0 spiro atoms. The molecule has 0 aliphatic rings. The molecule has 108 valence electrons. The molecule has 0 aliphatic heterocycles. The summed E-state index contributed by atoms with van der Waals surface area (Å²) in [5.41, 5.74) is -0.326. The molecule has 0 aromatic heterocycles. The minimum atomic E-state index is -0.907. The van der Waals surface area contributed by atoms with Crippen molar-refractivity contribution in [3.8, 4) is 0 Å². The third kappa shape index (κ3) is 5.85. The van der Waals surface area contributed by atoms with Crippen LogP contribution in [0.2, 0.25) is 0 Å². The molecule has 2 unspecified atom stereocenters. The van der Waals surface area contributed by atoms with E-state index >= 15 is 0 Å². The zero-order chi connectivity index (χ0) is 14.0. The van der Waals surface area contributed by atoms with Gasteiger partial charge in [0.05, 0.1) is 5.71 Å². The Bertz CT molecular complexity index is 241. The van der Waals surface area contributed by atoms with Crippen molar-refractivity contribution in [1.82, 2.24) is 0 Å². The van der Waals surface area contributed by atoms with Crippen molar-refractivity contribution >= 4 is 5.71 Å². The molecular weight excluding hydrogens is 226 g/mol. The average molecular weight is 257 g/mol. The van der Waals surface area contributed by atoms with Crippen LogP contribution in [0.15, 0.2) is 5.16 Å². The first-order chi connectivity index (χ1) is 8.53. The van der Waals surface area contributed by atoms with E-state index in [1.165, 1.54) is 0 Å². The monoisotopic (exact) mass is 257 g/mol. The van der Waals surface area contributed by atoms with E-state index in [-0.39, 0.29) is 0 Å². The maximum absolute atomic E-state index is 10.8. The summed E-state index contributed by atoms with van der Waals surface area (Å²) in [6, 6.07) is 0. The summed E-state index contributed by atoms with van der Waals surface area (Å²) in [5.74, 6) is 0.449. The predicted molar refractivity (Wildman–Crippen MR) is 77.3 cm³/mol. The molecule has 2 atom stereocenters. The zero-order valence-corrected chi connectivity index (χ0v) is 12.6. The van der Waals surface area contributed by atoms with E-state index in [0.29, 0.717) is 30.9 Å². The van der Waals surface area contributed by atoms with Crippen molar-refractivity contribution in [2.45, 2.75) is 84.7 Å². The van der Waals surface area contributed by atoms with Gasteiger partial charge in [-0.05, 0) is 31.6 Å². The minimum Gasteiger partial charge on any atom is -0.411 e. The highest BCUT2D eigenvalue weighted by Crippen LogP contribution is 2.28. The number of hydrogen-bond acceptors (Lipinski definition) is 3. The van der Waals surface area contributed by atoms with E-state index < -0.39 is 5.60 Å². The van der Waals surface area contributed by atoms with Crippen LogP contribution in [0, 0.1) is 5.92 Å². The van der Waals surface area contributed by atoms with Gasteiger partial charge in [0.25, 0.3) is 0 Å². The highest BCUT2D eigenvalue weighted by atomic mass is 16.4. The predicted octanol–water partition coefficient (Wildman–Crippen LogP) is 4.36. The van der Waals surface area contributed by atoms with Crippen molar-refractivity contribution in [2.24, 2.45) is 11.1 Å². The molecule has 2 N–H and O–H groups in total. The molecule has 0 aliphatic carbocycles. The summed E-state index contributed by atoms with van der Waals surface area (Å²) in [6.45, 7) is 8.50. The molecule has 0 heterocycles. The lowest BCUT2D eigenvalue weighted by Crippen LogP contribution is -2.40. The van der Waals surface area contributed by atoms with Crippen LogP contribution in [0.5, 0.6) is 0 Å². The summed E-state index contributed by atoms with van der Waals surface area (Å²) < 4.78 is 0. The van der Waals surface area contributed by atoms with Crippen molar-refractivity contribution in [1.29, 1.82) is 0 Å². The Morgan fingerprint density at radius 3 is 2.22 bits per heavy atom. The number of aliphatic hydroxyl groups is 1. The van der Waals surface area contributed by atoms with Crippen LogP contribution in [0.25, 0.3) is 0 Å². The second kappa shape index (κ2) is 9.37. The Morgan fingerprint density at radius 2 is 1.78 bits per heavy atom. The van der Waals surface area contributed by atoms with E-state index in [4.69, 9.17) is 0 Å². The van der Waals surface area contributed by atoms with Gasteiger partial charge in [-0.25, -0.2) is 0 Å². The number of unbranched alkanes of at least 4 members (excludes halogenated alkanes) is 2. The van der Waals surface area contributed by atoms with E-state index in [9.17, 15) is 10.3 Å². The van der Waals surface area contributed by atoms with Gasteiger partial charge in [0.15, 0.2) is 0 Å².